The van der Waals surface area contributed by atoms with Gasteiger partial charge in [-0.2, -0.15) is 0 Å². The van der Waals surface area contributed by atoms with Crippen LogP contribution in [0.4, 0.5) is 0 Å². The topological polar surface area (TPSA) is 64.0 Å². The van der Waals surface area contributed by atoms with Crippen LogP contribution < -0.4 is 0 Å². The van der Waals surface area contributed by atoms with E-state index >= 15 is 0 Å². The number of nitrogens with zero attached hydrogens (tertiary/aromatic N) is 2. The Morgan fingerprint density at radius 3 is 2.48 bits per heavy atom. The third-order valence-electron chi connectivity index (χ3n) is 4.43. The first kappa shape index (κ1) is 15.8. The SMILES string of the molecule is Cc1ccc(O)c(CC(C)(C(=O)O)N2CCN(C)CC2)c1. The van der Waals surface area contributed by atoms with Crippen LogP contribution in [0.5, 0.6) is 5.75 Å². The molecule has 1 aliphatic rings. The van der Waals surface area contributed by atoms with Crippen molar-refractivity contribution in [2.45, 2.75) is 25.8 Å². The van der Waals surface area contributed by atoms with Crippen LogP contribution in [0.2, 0.25) is 0 Å². The van der Waals surface area contributed by atoms with Gasteiger partial charge in [0.1, 0.15) is 11.3 Å². The third-order valence-corrected chi connectivity index (χ3v) is 4.43. The molecule has 2 N–H and O–H groups in total. The summed E-state index contributed by atoms with van der Waals surface area (Å²) in [6, 6.07) is 5.33. The van der Waals surface area contributed by atoms with Gasteiger partial charge in [0.15, 0.2) is 0 Å². The molecule has 0 radical (unpaired) electrons. The molecule has 0 bridgehead atoms. The van der Waals surface area contributed by atoms with Gasteiger partial charge in [-0.1, -0.05) is 17.7 Å². The summed E-state index contributed by atoms with van der Waals surface area (Å²) >= 11 is 0. The Morgan fingerprint density at radius 1 is 1.29 bits per heavy atom. The van der Waals surface area contributed by atoms with Crippen LogP contribution in [0.15, 0.2) is 18.2 Å². The summed E-state index contributed by atoms with van der Waals surface area (Å²) in [7, 11) is 2.04. The number of aromatic hydroxyl groups is 1. The van der Waals surface area contributed by atoms with Crippen LogP contribution in [0.3, 0.4) is 0 Å². The quantitative estimate of drug-likeness (QED) is 0.876. The highest BCUT2D eigenvalue weighted by Gasteiger charge is 2.41. The number of carboxylic acids is 1. The first-order chi connectivity index (χ1) is 9.83. The van der Waals surface area contributed by atoms with E-state index < -0.39 is 11.5 Å². The summed E-state index contributed by atoms with van der Waals surface area (Å²) in [5.41, 5.74) is 0.722. The zero-order chi connectivity index (χ0) is 15.6. The van der Waals surface area contributed by atoms with Gasteiger partial charge in [0.25, 0.3) is 0 Å². The first-order valence-electron chi connectivity index (χ1n) is 7.28. The van der Waals surface area contributed by atoms with Gasteiger partial charge in [0, 0.05) is 32.6 Å². The lowest BCUT2D eigenvalue weighted by atomic mass is 9.89. The molecule has 0 saturated carbocycles. The minimum atomic E-state index is -0.994. The summed E-state index contributed by atoms with van der Waals surface area (Å²) in [4.78, 5) is 16.1. The lowest BCUT2D eigenvalue weighted by Crippen LogP contribution is -2.59. The molecule has 1 fully saturated rings. The molecule has 1 atom stereocenters. The van der Waals surface area contributed by atoms with E-state index in [1.165, 1.54) is 0 Å². The Hall–Kier alpha value is -1.59. The van der Waals surface area contributed by atoms with E-state index in [4.69, 9.17) is 0 Å². The number of benzene rings is 1. The number of rotatable bonds is 4. The highest BCUT2D eigenvalue weighted by Crippen LogP contribution is 2.28. The van der Waals surface area contributed by atoms with Gasteiger partial charge >= 0.3 is 5.97 Å². The molecule has 2 rings (SSSR count). The number of piperazine rings is 1. The minimum Gasteiger partial charge on any atom is -0.508 e. The number of hydrogen-bond donors (Lipinski definition) is 2. The van der Waals surface area contributed by atoms with Gasteiger partial charge in [0.2, 0.25) is 0 Å². The van der Waals surface area contributed by atoms with Crippen molar-refractivity contribution in [2.24, 2.45) is 0 Å². The lowest BCUT2D eigenvalue weighted by Gasteiger charge is -2.42. The smallest absolute Gasteiger partial charge is 0.324 e. The molecule has 1 saturated heterocycles. The molecule has 21 heavy (non-hydrogen) atoms. The van der Waals surface area contributed by atoms with Crippen LogP contribution in [-0.4, -0.2) is 64.7 Å². The number of aryl methyl sites for hydroxylation is 1. The third kappa shape index (κ3) is 3.36. The van der Waals surface area contributed by atoms with Gasteiger partial charge in [-0.25, -0.2) is 0 Å². The van der Waals surface area contributed by atoms with Crippen LogP contribution in [0, 0.1) is 6.92 Å². The molecule has 116 valence electrons. The second kappa shape index (κ2) is 6.03. The normalized spacial score (nSPS) is 20.1. The molecule has 0 amide bonds. The van der Waals surface area contributed by atoms with Crippen molar-refractivity contribution < 1.29 is 15.0 Å². The summed E-state index contributed by atoms with van der Waals surface area (Å²) in [5.74, 6) is -0.671. The van der Waals surface area contributed by atoms with Crippen molar-refractivity contribution in [3.63, 3.8) is 0 Å². The fraction of sp³-hybridized carbons (Fsp3) is 0.562. The van der Waals surface area contributed by atoms with E-state index in [0.717, 1.165) is 31.7 Å². The molecule has 0 aliphatic carbocycles. The number of phenols is 1. The fourth-order valence-corrected chi connectivity index (χ4v) is 2.85. The van der Waals surface area contributed by atoms with E-state index in [-0.39, 0.29) is 5.75 Å². The average Bonchev–Trinajstić information content (AvgIpc) is 2.43. The van der Waals surface area contributed by atoms with Crippen LogP contribution in [-0.2, 0) is 11.2 Å². The highest BCUT2D eigenvalue weighted by atomic mass is 16.4. The second-order valence-corrected chi connectivity index (χ2v) is 6.18. The molecule has 5 heteroatoms. The zero-order valence-electron chi connectivity index (χ0n) is 13.0. The number of hydrogen-bond acceptors (Lipinski definition) is 4. The number of likely N-dealkylation sites (N-methyl/N-ethyl adjacent to an activating group) is 1. The van der Waals surface area contributed by atoms with Gasteiger partial charge in [-0.3, -0.25) is 9.69 Å². The van der Waals surface area contributed by atoms with E-state index in [1.807, 2.05) is 31.0 Å². The van der Waals surface area contributed by atoms with Crippen molar-refractivity contribution in [1.82, 2.24) is 9.80 Å². The maximum absolute atomic E-state index is 11.9. The summed E-state index contributed by atoms with van der Waals surface area (Å²) in [5, 5.41) is 19.7. The Balaban J connectivity index is 2.26. The van der Waals surface area contributed by atoms with E-state index in [9.17, 15) is 15.0 Å². The molecule has 1 aliphatic heterocycles. The highest BCUT2D eigenvalue weighted by molar-refractivity contribution is 5.79. The molecule has 0 spiro atoms. The second-order valence-electron chi connectivity index (χ2n) is 6.18. The molecule has 0 aromatic heterocycles. The maximum Gasteiger partial charge on any atom is 0.324 e. The molecule has 1 unspecified atom stereocenters. The summed E-state index contributed by atoms with van der Waals surface area (Å²) in [6.07, 6.45) is 0.305. The molecule has 1 aromatic carbocycles. The fourth-order valence-electron chi connectivity index (χ4n) is 2.85. The Labute approximate surface area is 125 Å². The molecule has 1 aromatic rings. The average molecular weight is 292 g/mol. The monoisotopic (exact) mass is 292 g/mol. The standard InChI is InChI=1S/C16H24N2O3/c1-12-4-5-14(19)13(10-12)11-16(2,15(20)21)18-8-6-17(3)7-9-18/h4-5,10,19H,6-9,11H2,1-3H3,(H,20,21). The summed E-state index contributed by atoms with van der Waals surface area (Å²) in [6.45, 7) is 6.88. The Morgan fingerprint density at radius 2 is 1.90 bits per heavy atom. The Bertz CT molecular complexity index is 524. The lowest BCUT2D eigenvalue weighted by molar-refractivity contribution is -0.151. The van der Waals surface area contributed by atoms with Gasteiger partial charge < -0.3 is 15.1 Å². The van der Waals surface area contributed by atoms with Crippen molar-refractivity contribution >= 4 is 5.97 Å². The van der Waals surface area contributed by atoms with E-state index in [1.54, 1.807) is 13.0 Å². The van der Waals surface area contributed by atoms with Crippen LogP contribution >= 0.6 is 0 Å². The molecular formula is C16H24N2O3. The van der Waals surface area contributed by atoms with Crippen molar-refractivity contribution in [1.29, 1.82) is 0 Å². The van der Waals surface area contributed by atoms with Crippen LogP contribution in [0.25, 0.3) is 0 Å². The van der Waals surface area contributed by atoms with Crippen molar-refractivity contribution in [3.05, 3.63) is 29.3 Å². The van der Waals surface area contributed by atoms with Crippen LogP contribution in [0.1, 0.15) is 18.1 Å². The predicted octanol–water partition coefficient (Wildman–Crippen LogP) is 1.33. The zero-order valence-corrected chi connectivity index (χ0v) is 13.0. The Kier molecular flexibility index (Phi) is 4.54. The first-order valence-corrected chi connectivity index (χ1v) is 7.28. The van der Waals surface area contributed by atoms with Gasteiger partial charge in [-0.05, 0) is 32.5 Å². The number of aliphatic carboxylic acids is 1. The maximum atomic E-state index is 11.9. The predicted molar refractivity (Wildman–Crippen MR) is 81.7 cm³/mol. The molecule has 1 heterocycles. The minimum absolute atomic E-state index is 0.169. The van der Waals surface area contributed by atoms with E-state index in [2.05, 4.69) is 4.90 Å². The molecular weight excluding hydrogens is 268 g/mol. The van der Waals surface area contributed by atoms with Crippen molar-refractivity contribution in [2.75, 3.05) is 33.2 Å². The van der Waals surface area contributed by atoms with E-state index in [0.29, 0.717) is 12.0 Å². The van der Waals surface area contributed by atoms with Gasteiger partial charge in [0.05, 0.1) is 0 Å². The number of carbonyl (C=O) groups is 1. The largest absolute Gasteiger partial charge is 0.508 e. The number of phenolic OH excluding ortho intramolecular Hbond substituents is 1. The summed E-state index contributed by atoms with van der Waals surface area (Å²) < 4.78 is 0. The van der Waals surface area contributed by atoms with Crippen molar-refractivity contribution in [3.8, 4) is 5.75 Å². The molecule has 5 nitrogen and oxygen atoms in total. The number of carboxylic acid groups (broad SMARTS) is 1. The van der Waals surface area contributed by atoms with Gasteiger partial charge in [-0.15, -0.1) is 0 Å².